The molecule has 0 aromatic heterocycles. The number of hydrogen-bond acceptors (Lipinski definition) is 4. The summed E-state index contributed by atoms with van der Waals surface area (Å²) < 4.78 is -0.968. The lowest BCUT2D eigenvalue weighted by Crippen LogP contribution is -2.67. The first-order chi connectivity index (χ1) is 20.6. The van der Waals surface area contributed by atoms with Gasteiger partial charge in [0.15, 0.2) is 12.1 Å². The molecule has 10 rings (SSSR count). The Morgan fingerprint density at radius 3 is 1.21 bits per heavy atom. The summed E-state index contributed by atoms with van der Waals surface area (Å²) in [5, 5.41) is 35.7. The summed E-state index contributed by atoms with van der Waals surface area (Å²) in [6.07, 6.45) is 19.9. The van der Waals surface area contributed by atoms with Crippen molar-refractivity contribution in [2.24, 2.45) is 35.5 Å². The highest BCUT2D eigenvalue weighted by atomic mass is 16.6. The number of likely N-dealkylation sites (tertiary alicyclic amines) is 2. The van der Waals surface area contributed by atoms with E-state index in [1.54, 1.807) is 0 Å². The van der Waals surface area contributed by atoms with Crippen molar-refractivity contribution >= 4 is 11.8 Å². The van der Waals surface area contributed by atoms with Gasteiger partial charge in [-0.05, 0) is 138 Å². The Morgan fingerprint density at radius 2 is 0.884 bits per heavy atom. The monoisotopic (exact) mass is 596 g/mol. The highest BCUT2D eigenvalue weighted by Crippen LogP contribution is 2.57. The number of nitrogens with one attached hydrogen (secondary N) is 2. The Labute approximate surface area is 258 Å². The van der Waals surface area contributed by atoms with Crippen molar-refractivity contribution < 1.29 is 18.9 Å². The van der Waals surface area contributed by atoms with Crippen LogP contribution in [0.5, 0.6) is 0 Å². The quantitative estimate of drug-likeness (QED) is 0.294. The predicted molar refractivity (Wildman–Crippen MR) is 165 cm³/mol. The Morgan fingerprint density at radius 1 is 0.558 bits per heavy atom. The molecule has 2 amide bonds. The molecule has 0 radical (unpaired) electrons. The van der Waals surface area contributed by atoms with Gasteiger partial charge in [-0.1, -0.05) is 0 Å². The van der Waals surface area contributed by atoms with E-state index < -0.39 is 21.4 Å². The minimum absolute atomic E-state index is 0.0199. The summed E-state index contributed by atoms with van der Waals surface area (Å²) in [6, 6.07) is -1.11. The molecule has 8 nitrogen and oxygen atoms in total. The first-order valence-corrected chi connectivity index (χ1v) is 18.4. The number of carbonyl (C=O) groups excluding carboxylic acids is 2. The van der Waals surface area contributed by atoms with Gasteiger partial charge >= 0.3 is 0 Å². The molecule has 2 saturated heterocycles. The summed E-state index contributed by atoms with van der Waals surface area (Å²) in [4.78, 5) is 27.6. The Bertz CT molecular complexity index is 957. The first kappa shape index (κ1) is 29.2. The van der Waals surface area contributed by atoms with Crippen LogP contribution in [0.4, 0.5) is 0 Å². The van der Waals surface area contributed by atoms with Crippen molar-refractivity contribution in [3.8, 4) is 0 Å². The standard InChI is InChI=1S/C35H56N4O4/c40-32(36-34-18-24-12-25(19-34)14-26(13-24)20-34)30-6-1-3-8-38(30,42)10-5-11-39(43)9-4-2-7-31(39)33(41)37-35-21-27-15-28(22-35)17-29(16-27)23-35/h24-31H,1-23H2,(H,36,40)(H,37,41)/t24?,25?,26?,27?,28?,29?,30-,31-,34?,35?,38?,39?/m0/s1. The number of quaternary nitrogens is 2. The fourth-order valence-corrected chi connectivity index (χ4v) is 13.3. The molecule has 8 heteroatoms. The minimum Gasteiger partial charge on any atom is -0.632 e. The van der Waals surface area contributed by atoms with Crippen molar-refractivity contribution in [3.05, 3.63) is 10.4 Å². The Hall–Kier alpha value is -1.22. The lowest BCUT2D eigenvalue weighted by molar-refractivity contribution is -0.919. The van der Waals surface area contributed by atoms with Gasteiger partial charge < -0.3 is 30.3 Å². The topological polar surface area (TPSA) is 104 Å². The number of hydroxylamine groups is 6. The van der Waals surface area contributed by atoms with Crippen LogP contribution in [-0.4, -0.2) is 70.4 Å². The normalized spacial score (nSPS) is 51.4. The van der Waals surface area contributed by atoms with Gasteiger partial charge in [-0.15, -0.1) is 0 Å². The number of amides is 2. The molecule has 240 valence electrons. The van der Waals surface area contributed by atoms with E-state index in [0.29, 0.717) is 45.4 Å². The molecular formula is C35H56N4O4. The van der Waals surface area contributed by atoms with E-state index in [1.165, 1.54) is 38.5 Å². The van der Waals surface area contributed by atoms with Crippen LogP contribution in [0.25, 0.3) is 0 Å². The lowest BCUT2D eigenvalue weighted by atomic mass is 9.53. The number of carbonyl (C=O) groups is 2. The van der Waals surface area contributed by atoms with Crippen LogP contribution in [0, 0.1) is 45.9 Å². The van der Waals surface area contributed by atoms with Gasteiger partial charge in [0.05, 0.1) is 26.2 Å². The van der Waals surface area contributed by atoms with E-state index in [4.69, 9.17) is 0 Å². The molecule has 8 aliphatic carbocycles. The van der Waals surface area contributed by atoms with Crippen LogP contribution in [0.3, 0.4) is 0 Å². The van der Waals surface area contributed by atoms with E-state index in [1.807, 2.05) is 0 Å². The van der Waals surface area contributed by atoms with Gasteiger partial charge in [0.2, 0.25) is 0 Å². The van der Waals surface area contributed by atoms with Gasteiger partial charge in [0, 0.05) is 30.3 Å². The van der Waals surface area contributed by atoms with Crippen molar-refractivity contribution in [2.45, 2.75) is 145 Å². The molecule has 10 aliphatic rings. The van der Waals surface area contributed by atoms with E-state index in [2.05, 4.69) is 10.6 Å². The second-order valence-electron chi connectivity index (χ2n) is 17.6. The average molecular weight is 597 g/mol. The maximum absolute atomic E-state index is 14.3. The number of rotatable bonds is 8. The van der Waals surface area contributed by atoms with Crippen molar-refractivity contribution in [1.29, 1.82) is 0 Å². The van der Waals surface area contributed by atoms with Crippen LogP contribution in [0.2, 0.25) is 0 Å². The van der Waals surface area contributed by atoms with Gasteiger partial charge in [0.25, 0.3) is 11.8 Å². The summed E-state index contributed by atoms with van der Waals surface area (Å²) >= 11 is 0. The minimum atomic E-state index is -0.557. The third-order valence-electron chi connectivity index (χ3n) is 14.2. The van der Waals surface area contributed by atoms with E-state index >= 15 is 0 Å². The molecule has 10 fully saturated rings. The number of piperidine rings is 2. The molecule has 0 spiro atoms. The second kappa shape index (κ2) is 10.7. The predicted octanol–water partition coefficient (Wildman–Crippen LogP) is 5.28. The molecule has 4 atom stereocenters. The SMILES string of the molecule is O=C(NC12CC3CC(CC(C3)C1)C2)[C@@H]1CCCC[N+]1([O-])CCC[N+]1([O-])CCCC[C@H]1C(=O)NC12CC3CC(CC(C3)C1)C2. The molecule has 2 N–H and O–H groups in total. The summed E-state index contributed by atoms with van der Waals surface area (Å²) in [5.74, 6) is 4.45. The molecule has 2 unspecified atom stereocenters. The molecule has 8 saturated carbocycles. The summed E-state index contributed by atoms with van der Waals surface area (Å²) in [6.45, 7) is 1.55. The fourth-order valence-electron chi connectivity index (χ4n) is 13.3. The van der Waals surface area contributed by atoms with Crippen molar-refractivity contribution in [2.75, 3.05) is 26.2 Å². The molecular weight excluding hydrogens is 540 g/mol. The number of nitrogens with zero attached hydrogens (tertiary/aromatic N) is 2. The van der Waals surface area contributed by atoms with Gasteiger partial charge in [-0.2, -0.15) is 0 Å². The van der Waals surface area contributed by atoms with Crippen LogP contribution in [0.15, 0.2) is 0 Å². The Kier molecular flexibility index (Phi) is 7.24. The summed E-state index contributed by atoms with van der Waals surface area (Å²) in [7, 11) is 0. The van der Waals surface area contributed by atoms with Crippen LogP contribution < -0.4 is 10.6 Å². The van der Waals surface area contributed by atoms with Crippen LogP contribution in [0.1, 0.15) is 122 Å². The average Bonchev–Trinajstić information content (AvgIpc) is 2.91. The van der Waals surface area contributed by atoms with E-state index in [9.17, 15) is 20.0 Å². The second-order valence-corrected chi connectivity index (χ2v) is 17.6. The maximum atomic E-state index is 14.3. The molecule has 2 aliphatic heterocycles. The van der Waals surface area contributed by atoms with Crippen LogP contribution in [-0.2, 0) is 9.59 Å². The number of hydrogen-bond donors (Lipinski definition) is 2. The fraction of sp³-hybridized carbons (Fsp3) is 0.943. The van der Waals surface area contributed by atoms with Gasteiger partial charge in [0.1, 0.15) is 0 Å². The third-order valence-corrected chi connectivity index (χ3v) is 14.2. The molecule has 2 heterocycles. The highest BCUT2D eigenvalue weighted by Gasteiger charge is 2.54. The van der Waals surface area contributed by atoms with Crippen molar-refractivity contribution in [3.63, 3.8) is 0 Å². The molecule has 8 bridgehead atoms. The highest BCUT2D eigenvalue weighted by molar-refractivity contribution is 5.82. The van der Waals surface area contributed by atoms with E-state index in [-0.39, 0.29) is 22.9 Å². The zero-order valence-corrected chi connectivity index (χ0v) is 26.4. The zero-order valence-electron chi connectivity index (χ0n) is 26.4. The lowest BCUT2D eigenvalue weighted by Gasteiger charge is -2.58. The zero-order chi connectivity index (χ0) is 29.5. The largest absolute Gasteiger partial charge is 0.632 e. The van der Waals surface area contributed by atoms with Gasteiger partial charge in [-0.3, -0.25) is 9.59 Å². The smallest absolute Gasteiger partial charge is 0.279 e. The van der Waals surface area contributed by atoms with E-state index in [0.717, 1.165) is 99.7 Å². The maximum Gasteiger partial charge on any atom is 0.279 e. The van der Waals surface area contributed by atoms with Gasteiger partial charge in [-0.25, -0.2) is 0 Å². The molecule has 0 aromatic rings. The van der Waals surface area contributed by atoms with Crippen LogP contribution >= 0.6 is 0 Å². The summed E-state index contributed by atoms with van der Waals surface area (Å²) in [5.41, 5.74) is -0.160. The molecule has 0 aromatic carbocycles. The third kappa shape index (κ3) is 5.38. The molecule has 43 heavy (non-hydrogen) atoms. The first-order valence-electron chi connectivity index (χ1n) is 18.4. The Balaban J connectivity index is 0.906. The van der Waals surface area contributed by atoms with Crippen molar-refractivity contribution in [1.82, 2.24) is 10.6 Å².